The summed E-state index contributed by atoms with van der Waals surface area (Å²) in [6.07, 6.45) is 4.22. The third-order valence-corrected chi connectivity index (χ3v) is 2.45. The van der Waals surface area contributed by atoms with Crippen LogP contribution in [-0.4, -0.2) is 54.7 Å². The first-order valence-electron chi connectivity index (χ1n) is 5.66. The quantitative estimate of drug-likeness (QED) is 0.701. The van der Waals surface area contributed by atoms with Crippen molar-refractivity contribution in [3.8, 4) is 0 Å². The first-order chi connectivity index (χ1) is 8.15. The Morgan fingerprint density at radius 2 is 2.18 bits per heavy atom. The van der Waals surface area contributed by atoms with Gasteiger partial charge in [-0.15, -0.1) is 0 Å². The molecular weight excluding hydrogens is 218 g/mol. The molecule has 1 rings (SSSR count). The Bertz CT molecular complexity index is 341. The summed E-state index contributed by atoms with van der Waals surface area (Å²) in [7, 11) is 3.97. The fourth-order valence-corrected chi connectivity index (χ4v) is 1.52. The maximum absolute atomic E-state index is 12.0. The van der Waals surface area contributed by atoms with Gasteiger partial charge in [-0.1, -0.05) is 0 Å². The van der Waals surface area contributed by atoms with E-state index in [1.807, 2.05) is 14.1 Å². The van der Waals surface area contributed by atoms with Crippen LogP contribution in [0.1, 0.15) is 16.8 Å². The number of aromatic amines is 1. The summed E-state index contributed by atoms with van der Waals surface area (Å²) in [5, 5.41) is 9.20. The molecule has 17 heavy (non-hydrogen) atoms. The van der Waals surface area contributed by atoms with Crippen LogP contribution in [-0.2, 0) is 0 Å². The summed E-state index contributed by atoms with van der Waals surface area (Å²) < 4.78 is 0. The maximum atomic E-state index is 12.0. The zero-order chi connectivity index (χ0) is 12.7. The predicted octanol–water partition coefficient (Wildman–Crippen LogP) is -0.156. The number of H-pyrrole nitrogens is 1. The number of aliphatic hydroxyl groups excluding tert-OH is 1. The lowest BCUT2D eigenvalue weighted by atomic mass is 10.2. The smallest absolute Gasteiger partial charge is 0.261 e. The van der Waals surface area contributed by atoms with Crippen molar-refractivity contribution < 1.29 is 14.9 Å². The van der Waals surface area contributed by atoms with Gasteiger partial charge in [0.15, 0.2) is 12.4 Å². The molecule has 0 aliphatic heterocycles. The number of aliphatic hydroxyl groups is 1. The van der Waals surface area contributed by atoms with E-state index in [2.05, 4.69) is 9.88 Å². The third kappa shape index (κ3) is 4.50. The number of rotatable bonds is 6. The molecule has 5 heteroatoms. The predicted molar refractivity (Wildman–Crippen MR) is 64.3 cm³/mol. The minimum Gasteiger partial charge on any atom is -0.376 e. The van der Waals surface area contributed by atoms with Crippen molar-refractivity contribution in [3.63, 3.8) is 0 Å². The van der Waals surface area contributed by atoms with E-state index in [-0.39, 0.29) is 12.6 Å². The molecule has 0 fully saturated rings. The van der Waals surface area contributed by atoms with E-state index >= 15 is 0 Å². The lowest BCUT2D eigenvalue weighted by molar-refractivity contribution is -0.378. The topological polar surface area (TPSA) is 57.9 Å². The number of hydrogen-bond acceptors (Lipinski definition) is 3. The first-order valence-corrected chi connectivity index (χ1v) is 5.66. The molecule has 0 aliphatic carbocycles. The fraction of sp³-hybridized carbons (Fsp3) is 0.500. The number of hydrogen-bond donors (Lipinski definition) is 1. The molecule has 0 spiro atoms. The van der Waals surface area contributed by atoms with Gasteiger partial charge in [0.05, 0.1) is 0 Å². The van der Waals surface area contributed by atoms with Crippen LogP contribution in [0, 0.1) is 0 Å². The summed E-state index contributed by atoms with van der Waals surface area (Å²) in [6, 6.07) is 3.50. The molecule has 0 saturated carbocycles. The van der Waals surface area contributed by atoms with E-state index in [1.165, 1.54) is 4.90 Å². The number of nitrogens with one attached hydrogen (secondary N) is 1. The van der Waals surface area contributed by atoms with E-state index in [9.17, 15) is 9.90 Å². The standard InChI is InChI=1S/C12H19N3O2/c1-14(2)7-4-8-15(10-16)12(17)11-5-3-6-13-9-11/h3,5-6,9,16H,4,7-8,10H2,1-2H3/p+1. The molecule has 1 amide bonds. The molecular formula is C12H20N3O2+. The number of nitrogens with zero attached hydrogens (tertiary/aromatic N) is 2. The van der Waals surface area contributed by atoms with Gasteiger partial charge in [0.25, 0.3) is 5.91 Å². The molecule has 0 bridgehead atoms. The highest BCUT2D eigenvalue weighted by Gasteiger charge is 2.15. The number of carbonyl (C=O) groups is 1. The van der Waals surface area contributed by atoms with Gasteiger partial charge in [-0.2, -0.15) is 0 Å². The van der Waals surface area contributed by atoms with E-state index in [1.54, 1.807) is 24.5 Å². The molecule has 0 aromatic carbocycles. The lowest BCUT2D eigenvalue weighted by Gasteiger charge is -2.20. The van der Waals surface area contributed by atoms with Crippen LogP contribution < -0.4 is 4.98 Å². The third-order valence-electron chi connectivity index (χ3n) is 2.45. The average molecular weight is 238 g/mol. The molecule has 2 N–H and O–H groups in total. The van der Waals surface area contributed by atoms with Crippen molar-refractivity contribution >= 4 is 5.91 Å². The van der Waals surface area contributed by atoms with Gasteiger partial charge in [0, 0.05) is 12.6 Å². The molecule has 0 aliphatic rings. The monoisotopic (exact) mass is 238 g/mol. The normalized spacial score (nSPS) is 10.6. The molecule has 0 unspecified atom stereocenters. The second-order valence-corrected chi connectivity index (χ2v) is 4.16. The summed E-state index contributed by atoms with van der Waals surface area (Å²) in [4.78, 5) is 18.3. The van der Waals surface area contributed by atoms with Crippen LogP contribution in [0.4, 0.5) is 0 Å². The number of pyridine rings is 1. The Morgan fingerprint density at radius 3 is 2.71 bits per heavy atom. The van der Waals surface area contributed by atoms with Gasteiger partial charge in [0.2, 0.25) is 0 Å². The molecule has 1 aromatic rings. The summed E-state index contributed by atoms with van der Waals surface area (Å²) in [5.41, 5.74) is 0.561. The minimum absolute atomic E-state index is 0.150. The van der Waals surface area contributed by atoms with Crippen LogP contribution in [0.3, 0.4) is 0 Å². The van der Waals surface area contributed by atoms with Crippen molar-refractivity contribution in [2.75, 3.05) is 33.9 Å². The molecule has 1 aromatic heterocycles. The van der Waals surface area contributed by atoms with E-state index in [0.717, 1.165) is 13.0 Å². The summed E-state index contributed by atoms with van der Waals surface area (Å²) in [6.45, 7) is 1.20. The molecule has 0 radical (unpaired) electrons. The number of carbonyl (C=O) groups excluding carboxylic acids is 1. The molecule has 94 valence electrons. The highest BCUT2D eigenvalue weighted by molar-refractivity contribution is 5.93. The van der Waals surface area contributed by atoms with Gasteiger partial charge < -0.3 is 14.9 Å². The Hall–Kier alpha value is -1.46. The molecule has 5 nitrogen and oxygen atoms in total. The van der Waals surface area contributed by atoms with E-state index < -0.39 is 0 Å². The Labute approximate surface area is 102 Å². The van der Waals surface area contributed by atoms with Crippen molar-refractivity contribution in [2.24, 2.45) is 0 Å². The van der Waals surface area contributed by atoms with E-state index in [0.29, 0.717) is 12.1 Å². The molecule has 1 heterocycles. The largest absolute Gasteiger partial charge is 0.376 e. The highest BCUT2D eigenvalue weighted by atomic mass is 16.3. The zero-order valence-electron chi connectivity index (χ0n) is 10.4. The Morgan fingerprint density at radius 1 is 1.41 bits per heavy atom. The van der Waals surface area contributed by atoms with Gasteiger partial charge in [-0.05, 0) is 33.1 Å². The van der Waals surface area contributed by atoms with Gasteiger partial charge in [-0.25, -0.2) is 4.98 Å². The molecule has 0 saturated heterocycles. The molecule has 0 atom stereocenters. The van der Waals surface area contributed by atoms with Crippen molar-refractivity contribution in [1.29, 1.82) is 0 Å². The van der Waals surface area contributed by atoms with Crippen molar-refractivity contribution in [1.82, 2.24) is 9.80 Å². The van der Waals surface area contributed by atoms with E-state index in [4.69, 9.17) is 0 Å². The maximum Gasteiger partial charge on any atom is 0.261 e. The second kappa shape index (κ2) is 6.98. The first kappa shape index (κ1) is 13.6. The Kier molecular flexibility index (Phi) is 5.59. The van der Waals surface area contributed by atoms with Crippen LogP contribution in [0.5, 0.6) is 0 Å². The van der Waals surface area contributed by atoms with Crippen LogP contribution >= 0.6 is 0 Å². The lowest BCUT2D eigenvalue weighted by Crippen LogP contribution is -2.34. The summed E-state index contributed by atoms with van der Waals surface area (Å²) >= 11 is 0. The Balaban J connectivity index is 2.53. The second-order valence-electron chi connectivity index (χ2n) is 4.16. The van der Waals surface area contributed by atoms with Crippen LogP contribution in [0.15, 0.2) is 24.5 Å². The van der Waals surface area contributed by atoms with Crippen molar-refractivity contribution in [3.05, 3.63) is 30.1 Å². The van der Waals surface area contributed by atoms with Crippen LogP contribution in [0.2, 0.25) is 0 Å². The number of amides is 1. The highest BCUT2D eigenvalue weighted by Crippen LogP contribution is 2.02. The summed E-state index contributed by atoms with van der Waals surface area (Å²) in [5.74, 6) is -0.150. The minimum atomic E-state index is -0.249. The van der Waals surface area contributed by atoms with Crippen LogP contribution in [0.25, 0.3) is 0 Å². The van der Waals surface area contributed by atoms with Crippen molar-refractivity contribution in [2.45, 2.75) is 6.42 Å². The fourth-order valence-electron chi connectivity index (χ4n) is 1.52. The SMILES string of the molecule is CN(C)CCCN(CO)C(=O)c1ccc[nH+]c1. The van der Waals surface area contributed by atoms with Gasteiger partial charge in [-0.3, -0.25) is 4.79 Å². The number of aromatic nitrogens is 1. The van der Waals surface area contributed by atoms with Gasteiger partial charge in [0.1, 0.15) is 12.3 Å². The average Bonchev–Trinajstić information content (AvgIpc) is 2.34. The zero-order valence-corrected chi connectivity index (χ0v) is 10.4. The van der Waals surface area contributed by atoms with Gasteiger partial charge >= 0.3 is 0 Å².